The van der Waals surface area contributed by atoms with Gasteiger partial charge in [-0.05, 0) is 69.2 Å². The van der Waals surface area contributed by atoms with Crippen molar-refractivity contribution in [3.8, 4) is 5.75 Å². The van der Waals surface area contributed by atoms with Crippen LogP contribution in [0.5, 0.6) is 5.75 Å². The average Bonchev–Trinajstić information content (AvgIpc) is 3.09. The summed E-state index contributed by atoms with van der Waals surface area (Å²) in [6.45, 7) is 7.53. The highest BCUT2D eigenvalue weighted by atomic mass is 32.1. The van der Waals surface area contributed by atoms with Gasteiger partial charge in [-0.1, -0.05) is 35.6 Å². The number of nitrogens with zero attached hydrogens (tertiary/aromatic N) is 2. The predicted octanol–water partition coefficient (Wildman–Crippen LogP) is 3.72. The molecule has 176 valence electrons. The van der Waals surface area contributed by atoms with Crippen molar-refractivity contribution in [2.24, 2.45) is 4.99 Å². The topological polar surface area (TPSA) is 69.9 Å². The summed E-state index contributed by atoms with van der Waals surface area (Å²) in [7, 11) is 0. The number of aromatic nitrogens is 1. The van der Waals surface area contributed by atoms with E-state index in [-0.39, 0.29) is 23.8 Å². The molecule has 0 radical (unpaired) electrons. The first-order valence-corrected chi connectivity index (χ1v) is 11.8. The number of benzene rings is 2. The number of thiazole rings is 1. The summed E-state index contributed by atoms with van der Waals surface area (Å²) >= 11 is 1.24. The van der Waals surface area contributed by atoms with Crippen LogP contribution in [-0.4, -0.2) is 23.2 Å². The lowest BCUT2D eigenvalue weighted by molar-refractivity contribution is -0.139. The van der Waals surface area contributed by atoms with E-state index in [0.29, 0.717) is 20.6 Å². The zero-order valence-electron chi connectivity index (χ0n) is 19.4. The average molecular weight is 481 g/mol. The third-order valence-corrected chi connectivity index (χ3v) is 6.24. The van der Waals surface area contributed by atoms with Crippen molar-refractivity contribution in [3.05, 3.63) is 96.4 Å². The second kappa shape index (κ2) is 9.77. The van der Waals surface area contributed by atoms with E-state index in [1.807, 2.05) is 38.1 Å². The second-order valence-corrected chi connectivity index (χ2v) is 9.10. The Bertz CT molecular complexity index is 1420. The molecule has 34 heavy (non-hydrogen) atoms. The summed E-state index contributed by atoms with van der Waals surface area (Å²) in [6, 6.07) is 12.5. The van der Waals surface area contributed by atoms with Crippen LogP contribution in [0.2, 0.25) is 0 Å². The fraction of sp³-hybridized carbons (Fsp3) is 0.269. The van der Waals surface area contributed by atoms with E-state index in [0.717, 1.165) is 11.3 Å². The van der Waals surface area contributed by atoms with Gasteiger partial charge >= 0.3 is 5.97 Å². The molecule has 0 spiro atoms. The van der Waals surface area contributed by atoms with Crippen molar-refractivity contribution in [3.63, 3.8) is 0 Å². The van der Waals surface area contributed by atoms with E-state index in [9.17, 15) is 14.0 Å². The van der Waals surface area contributed by atoms with E-state index < -0.39 is 17.8 Å². The fourth-order valence-electron chi connectivity index (χ4n) is 3.82. The van der Waals surface area contributed by atoms with Gasteiger partial charge in [0.15, 0.2) is 4.80 Å². The van der Waals surface area contributed by atoms with Crippen LogP contribution in [0.4, 0.5) is 4.39 Å². The molecule has 0 aliphatic carbocycles. The number of hydrogen-bond acceptors (Lipinski definition) is 6. The summed E-state index contributed by atoms with van der Waals surface area (Å²) in [5.74, 6) is -0.202. The van der Waals surface area contributed by atoms with Gasteiger partial charge in [-0.3, -0.25) is 9.36 Å². The van der Waals surface area contributed by atoms with Gasteiger partial charge in [0.05, 0.1) is 34.6 Å². The van der Waals surface area contributed by atoms with Gasteiger partial charge in [0, 0.05) is 0 Å². The number of allylic oxidation sites excluding steroid dienone is 1. The first-order chi connectivity index (χ1) is 16.3. The van der Waals surface area contributed by atoms with Gasteiger partial charge in [-0.15, -0.1) is 0 Å². The Balaban J connectivity index is 1.85. The third kappa shape index (κ3) is 4.72. The van der Waals surface area contributed by atoms with Crippen LogP contribution in [0, 0.1) is 5.82 Å². The Labute approximate surface area is 200 Å². The molecule has 1 aromatic heterocycles. The second-order valence-electron chi connectivity index (χ2n) is 8.09. The number of ether oxygens (including phenoxy) is 2. The summed E-state index contributed by atoms with van der Waals surface area (Å²) < 4.78 is 26.5. The molecular formula is C26H25FN2O4S. The van der Waals surface area contributed by atoms with Crippen LogP contribution >= 0.6 is 11.3 Å². The van der Waals surface area contributed by atoms with Crippen molar-refractivity contribution in [2.75, 3.05) is 6.61 Å². The molecule has 3 aromatic rings. The number of hydrogen-bond donors (Lipinski definition) is 0. The van der Waals surface area contributed by atoms with Crippen molar-refractivity contribution < 1.29 is 18.7 Å². The zero-order valence-corrected chi connectivity index (χ0v) is 20.2. The number of carbonyl (C=O) groups excluding carboxylic acids is 1. The number of esters is 1. The molecule has 8 heteroatoms. The minimum atomic E-state index is -0.764. The van der Waals surface area contributed by atoms with Gasteiger partial charge in [-0.25, -0.2) is 14.2 Å². The van der Waals surface area contributed by atoms with Crippen LogP contribution in [0.1, 0.15) is 44.9 Å². The third-order valence-electron chi connectivity index (χ3n) is 5.25. The maximum absolute atomic E-state index is 13.6. The number of carbonyl (C=O) groups is 1. The Morgan fingerprint density at radius 1 is 1.18 bits per heavy atom. The van der Waals surface area contributed by atoms with E-state index >= 15 is 0 Å². The van der Waals surface area contributed by atoms with Gasteiger partial charge in [-0.2, -0.15) is 0 Å². The molecule has 0 fully saturated rings. The summed E-state index contributed by atoms with van der Waals surface area (Å²) in [4.78, 5) is 31.4. The Morgan fingerprint density at radius 2 is 1.85 bits per heavy atom. The van der Waals surface area contributed by atoms with E-state index in [1.165, 1.54) is 28.0 Å². The van der Waals surface area contributed by atoms with Crippen molar-refractivity contribution in [2.45, 2.75) is 39.8 Å². The van der Waals surface area contributed by atoms with Gasteiger partial charge in [0.25, 0.3) is 5.56 Å². The summed E-state index contributed by atoms with van der Waals surface area (Å²) in [5.41, 5.74) is 1.89. The monoisotopic (exact) mass is 480 g/mol. The number of rotatable bonds is 6. The molecule has 0 amide bonds. The van der Waals surface area contributed by atoms with Crippen LogP contribution in [-0.2, 0) is 9.53 Å². The largest absolute Gasteiger partial charge is 0.491 e. The molecule has 2 aromatic carbocycles. The lowest BCUT2D eigenvalue weighted by Gasteiger charge is -2.24. The van der Waals surface area contributed by atoms with Crippen molar-refractivity contribution in [1.29, 1.82) is 0 Å². The van der Waals surface area contributed by atoms with Crippen LogP contribution in [0.15, 0.2) is 69.6 Å². The van der Waals surface area contributed by atoms with E-state index in [2.05, 4.69) is 4.99 Å². The molecule has 2 heterocycles. The number of fused-ring (bicyclic) bond motifs is 1. The molecular weight excluding hydrogens is 455 g/mol. The molecule has 1 aliphatic heterocycles. The fourth-order valence-corrected chi connectivity index (χ4v) is 4.86. The highest BCUT2D eigenvalue weighted by Gasteiger charge is 2.33. The minimum absolute atomic E-state index is 0.0674. The molecule has 0 saturated heterocycles. The van der Waals surface area contributed by atoms with E-state index in [1.54, 1.807) is 32.1 Å². The Morgan fingerprint density at radius 3 is 2.47 bits per heavy atom. The van der Waals surface area contributed by atoms with Gasteiger partial charge in [0.2, 0.25) is 0 Å². The predicted molar refractivity (Wildman–Crippen MR) is 129 cm³/mol. The number of halogens is 1. The molecule has 4 rings (SSSR count). The van der Waals surface area contributed by atoms with Crippen LogP contribution < -0.4 is 19.6 Å². The maximum atomic E-state index is 13.6. The first kappa shape index (κ1) is 23.6. The molecule has 0 bridgehead atoms. The highest BCUT2D eigenvalue weighted by molar-refractivity contribution is 7.07. The van der Waals surface area contributed by atoms with Crippen LogP contribution in [0.25, 0.3) is 6.08 Å². The first-order valence-electron chi connectivity index (χ1n) is 11.0. The molecule has 1 atom stereocenters. The Hall–Kier alpha value is -3.52. The zero-order chi connectivity index (χ0) is 24.4. The van der Waals surface area contributed by atoms with Crippen molar-refractivity contribution in [1.82, 2.24) is 4.57 Å². The molecule has 1 aliphatic rings. The van der Waals surface area contributed by atoms with Gasteiger partial charge in [0.1, 0.15) is 11.6 Å². The SMILES string of the molecule is CCOC(=O)C1=C(C)N=c2s/c(=C\c3ccc(OC(C)C)cc3)c(=O)n2[C@@H]1c1ccc(F)cc1. The quantitative estimate of drug-likeness (QED) is 0.504. The molecule has 0 N–H and O–H groups in total. The van der Waals surface area contributed by atoms with Gasteiger partial charge < -0.3 is 9.47 Å². The smallest absolute Gasteiger partial charge is 0.338 e. The highest BCUT2D eigenvalue weighted by Crippen LogP contribution is 2.30. The molecule has 0 unspecified atom stereocenters. The van der Waals surface area contributed by atoms with E-state index in [4.69, 9.17) is 9.47 Å². The standard InChI is InChI=1S/C26H25FN2O4S/c1-5-32-25(31)22-16(4)28-26-29(23(22)18-8-10-19(27)11-9-18)24(30)21(34-26)14-17-6-12-20(13-7-17)33-15(2)3/h6-15,23H,5H2,1-4H3/b21-14-/t23-/m1/s1. The lowest BCUT2D eigenvalue weighted by atomic mass is 9.96. The summed E-state index contributed by atoms with van der Waals surface area (Å²) in [5, 5.41) is 0. The van der Waals surface area contributed by atoms with Crippen molar-refractivity contribution >= 4 is 23.4 Å². The minimum Gasteiger partial charge on any atom is -0.491 e. The Kier molecular flexibility index (Phi) is 6.79. The lowest BCUT2D eigenvalue weighted by Crippen LogP contribution is -2.39. The van der Waals surface area contributed by atoms with Crippen LogP contribution in [0.3, 0.4) is 0 Å². The normalized spacial score (nSPS) is 15.8. The maximum Gasteiger partial charge on any atom is 0.338 e. The molecule has 0 saturated carbocycles. The summed E-state index contributed by atoms with van der Waals surface area (Å²) in [6.07, 6.45) is 1.85. The molecule has 6 nitrogen and oxygen atoms in total.